The van der Waals surface area contributed by atoms with Crippen molar-refractivity contribution in [2.45, 2.75) is 12.5 Å². The SMILES string of the molecule is CN(C)CCN1C(=O)COCC1CC(=O)O. The van der Waals surface area contributed by atoms with Gasteiger partial charge in [0, 0.05) is 13.1 Å². The summed E-state index contributed by atoms with van der Waals surface area (Å²) in [6.45, 7) is 1.64. The highest BCUT2D eigenvalue weighted by molar-refractivity contribution is 5.79. The molecule has 1 rings (SSSR count). The molecule has 1 saturated heterocycles. The maximum atomic E-state index is 11.6. The first-order chi connectivity index (χ1) is 7.50. The van der Waals surface area contributed by atoms with E-state index >= 15 is 0 Å². The number of carbonyl (C=O) groups excluding carboxylic acids is 1. The topological polar surface area (TPSA) is 70.1 Å². The van der Waals surface area contributed by atoms with Crippen molar-refractivity contribution < 1.29 is 19.4 Å². The first-order valence-corrected chi connectivity index (χ1v) is 5.24. The molecular formula is C10H18N2O4. The third kappa shape index (κ3) is 3.79. The van der Waals surface area contributed by atoms with E-state index in [2.05, 4.69) is 0 Å². The number of ether oxygens (including phenoxy) is 1. The first kappa shape index (κ1) is 12.9. The van der Waals surface area contributed by atoms with Gasteiger partial charge in [0.15, 0.2) is 0 Å². The van der Waals surface area contributed by atoms with Crippen LogP contribution >= 0.6 is 0 Å². The summed E-state index contributed by atoms with van der Waals surface area (Å²) in [5.74, 6) is -1.03. The average molecular weight is 230 g/mol. The Balaban J connectivity index is 2.56. The predicted octanol–water partition coefficient (Wildman–Crippen LogP) is -0.750. The van der Waals surface area contributed by atoms with Gasteiger partial charge in [0.05, 0.1) is 19.1 Å². The van der Waals surface area contributed by atoms with Crippen molar-refractivity contribution in [1.29, 1.82) is 0 Å². The molecule has 1 unspecified atom stereocenters. The molecule has 1 heterocycles. The lowest BCUT2D eigenvalue weighted by Gasteiger charge is -2.35. The number of nitrogens with zero attached hydrogens (tertiary/aromatic N) is 2. The van der Waals surface area contributed by atoms with E-state index in [1.807, 2.05) is 19.0 Å². The van der Waals surface area contributed by atoms with E-state index in [-0.39, 0.29) is 25.0 Å². The van der Waals surface area contributed by atoms with Crippen molar-refractivity contribution in [3.05, 3.63) is 0 Å². The molecule has 1 fully saturated rings. The number of carboxylic acid groups (broad SMARTS) is 1. The van der Waals surface area contributed by atoms with Crippen molar-refractivity contribution in [2.75, 3.05) is 40.4 Å². The number of hydrogen-bond donors (Lipinski definition) is 1. The van der Waals surface area contributed by atoms with Gasteiger partial charge in [0.25, 0.3) is 0 Å². The van der Waals surface area contributed by atoms with Gasteiger partial charge < -0.3 is 19.6 Å². The molecule has 1 aliphatic heterocycles. The summed E-state index contributed by atoms with van der Waals surface area (Å²) in [5.41, 5.74) is 0. The Labute approximate surface area is 94.8 Å². The van der Waals surface area contributed by atoms with Crippen molar-refractivity contribution in [2.24, 2.45) is 0 Å². The first-order valence-electron chi connectivity index (χ1n) is 5.24. The van der Waals surface area contributed by atoms with Gasteiger partial charge in [0.2, 0.25) is 5.91 Å². The predicted molar refractivity (Wildman–Crippen MR) is 57.1 cm³/mol. The van der Waals surface area contributed by atoms with Crippen LogP contribution < -0.4 is 0 Å². The van der Waals surface area contributed by atoms with Crippen LogP contribution in [0.15, 0.2) is 0 Å². The van der Waals surface area contributed by atoms with Crippen LogP contribution in [0.2, 0.25) is 0 Å². The average Bonchev–Trinajstić information content (AvgIpc) is 2.15. The summed E-state index contributed by atoms with van der Waals surface area (Å²) >= 11 is 0. The highest BCUT2D eigenvalue weighted by Crippen LogP contribution is 2.11. The van der Waals surface area contributed by atoms with Crippen LogP contribution in [-0.2, 0) is 14.3 Å². The van der Waals surface area contributed by atoms with Crippen LogP contribution in [0.5, 0.6) is 0 Å². The zero-order valence-electron chi connectivity index (χ0n) is 9.68. The van der Waals surface area contributed by atoms with Crippen LogP contribution in [0, 0.1) is 0 Å². The van der Waals surface area contributed by atoms with E-state index < -0.39 is 5.97 Å². The number of morpholine rings is 1. The smallest absolute Gasteiger partial charge is 0.305 e. The number of carboxylic acids is 1. The van der Waals surface area contributed by atoms with Gasteiger partial charge in [-0.2, -0.15) is 0 Å². The van der Waals surface area contributed by atoms with Gasteiger partial charge in [-0.15, -0.1) is 0 Å². The van der Waals surface area contributed by atoms with Crippen molar-refractivity contribution in [3.63, 3.8) is 0 Å². The summed E-state index contributed by atoms with van der Waals surface area (Å²) in [4.78, 5) is 25.8. The van der Waals surface area contributed by atoms with Crippen LogP contribution in [0.1, 0.15) is 6.42 Å². The summed E-state index contributed by atoms with van der Waals surface area (Å²) < 4.78 is 5.06. The lowest BCUT2D eigenvalue weighted by molar-refractivity contribution is -0.152. The van der Waals surface area contributed by atoms with Gasteiger partial charge in [-0.25, -0.2) is 0 Å². The highest BCUT2D eigenvalue weighted by Gasteiger charge is 2.29. The summed E-state index contributed by atoms with van der Waals surface area (Å²) in [6, 6.07) is -0.335. The lowest BCUT2D eigenvalue weighted by atomic mass is 10.1. The van der Waals surface area contributed by atoms with E-state index in [0.717, 1.165) is 6.54 Å². The maximum Gasteiger partial charge on any atom is 0.305 e. The van der Waals surface area contributed by atoms with Gasteiger partial charge in [0.1, 0.15) is 6.61 Å². The zero-order chi connectivity index (χ0) is 12.1. The van der Waals surface area contributed by atoms with Crippen LogP contribution in [0.25, 0.3) is 0 Å². The van der Waals surface area contributed by atoms with Gasteiger partial charge >= 0.3 is 5.97 Å². The van der Waals surface area contributed by atoms with Crippen molar-refractivity contribution in [1.82, 2.24) is 9.80 Å². The second kappa shape index (κ2) is 5.81. The number of aliphatic carboxylic acids is 1. The molecule has 1 atom stereocenters. The molecule has 0 spiro atoms. The minimum absolute atomic E-state index is 0.0564. The minimum atomic E-state index is -0.904. The largest absolute Gasteiger partial charge is 0.481 e. The molecular weight excluding hydrogens is 212 g/mol. The third-order valence-electron chi connectivity index (χ3n) is 2.50. The number of likely N-dealkylation sites (N-methyl/N-ethyl adjacent to an activating group) is 1. The number of carbonyl (C=O) groups is 2. The monoisotopic (exact) mass is 230 g/mol. The Hall–Kier alpha value is -1.14. The summed E-state index contributed by atoms with van der Waals surface area (Å²) in [5, 5.41) is 8.74. The Morgan fingerprint density at radius 3 is 2.88 bits per heavy atom. The normalized spacial score (nSPS) is 21.6. The molecule has 6 nitrogen and oxygen atoms in total. The van der Waals surface area contributed by atoms with E-state index in [1.165, 1.54) is 0 Å². The molecule has 6 heteroatoms. The zero-order valence-corrected chi connectivity index (χ0v) is 9.68. The molecule has 0 aromatic rings. The molecule has 0 aromatic carbocycles. The van der Waals surface area contributed by atoms with Crippen LogP contribution in [0.3, 0.4) is 0 Å². The Morgan fingerprint density at radius 1 is 1.62 bits per heavy atom. The second-order valence-electron chi connectivity index (χ2n) is 4.16. The molecule has 0 radical (unpaired) electrons. The molecule has 0 saturated carbocycles. The van der Waals surface area contributed by atoms with E-state index in [9.17, 15) is 9.59 Å². The number of rotatable bonds is 5. The molecule has 1 amide bonds. The number of amides is 1. The summed E-state index contributed by atoms with van der Waals surface area (Å²) in [6.07, 6.45) is -0.0564. The molecule has 0 aromatic heterocycles. The fourth-order valence-corrected chi connectivity index (χ4v) is 1.64. The lowest BCUT2D eigenvalue weighted by Crippen LogP contribution is -2.52. The fraction of sp³-hybridized carbons (Fsp3) is 0.800. The Morgan fingerprint density at radius 2 is 2.31 bits per heavy atom. The van der Waals surface area contributed by atoms with Crippen molar-refractivity contribution in [3.8, 4) is 0 Å². The molecule has 92 valence electrons. The fourth-order valence-electron chi connectivity index (χ4n) is 1.64. The third-order valence-corrected chi connectivity index (χ3v) is 2.50. The molecule has 0 bridgehead atoms. The number of hydrogen-bond acceptors (Lipinski definition) is 4. The van der Waals surface area contributed by atoms with E-state index in [1.54, 1.807) is 4.90 Å². The van der Waals surface area contributed by atoms with Crippen LogP contribution in [-0.4, -0.2) is 73.2 Å². The Bertz CT molecular complexity index is 268. The maximum absolute atomic E-state index is 11.6. The van der Waals surface area contributed by atoms with E-state index in [4.69, 9.17) is 9.84 Å². The quantitative estimate of drug-likeness (QED) is 0.673. The van der Waals surface area contributed by atoms with E-state index in [0.29, 0.717) is 13.2 Å². The molecule has 1 aliphatic rings. The highest BCUT2D eigenvalue weighted by atomic mass is 16.5. The minimum Gasteiger partial charge on any atom is -0.481 e. The standard InChI is InChI=1S/C10H18N2O4/c1-11(2)3-4-12-8(5-10(14)15)6-16-7-9(12)13/h8H,3-7H2,1-2H3,(H,14,15). The van der Waals surface area contributed by atoms with Gasteiger partial charge in [-0.1, -0.05) is 0 Å². The second-order valence-corrected chi connectivity index (χ2v) is 4.16. The molecule has 1 N–H and O–H groups in total. The summed E-state index contributed by atoms with van der Waals surface area (Å²) in [7, 11) is 3.83. The Kier molecular flexibility index (Phi) is 4.70. The molecule has 16 heavy (non-hydrogen) atoms. The van der Waals surface area contributed by atoms with Crippen LogP contribution in [0.4, 0.5) is 0 Å². The molecule has 0 aliphatic carbocycles. The van der Waals surface area contributed by atoms with Crippen molar-refractivity contribution >= 4 is 11.9 Å². The van der Waals surface area contributed by atoms with Gasteiger partial charge in [-0.3, -0.25) is 9.59 Å². The van der Waals surface area contributed by atoms with Gasteiger partial charge in [-0.05, 0) is 14.1 Å².